The molecule has 0 radical (unpaired) electrons. The monoisotopic (exact) mass is 594 g/mol. The highest BCUT2D eigenvalue weighted by Crippen LogP contribution is 2.71. The lowest BCUT2D eigenvalue weighted by Crippen LogP contribution is -2.66. The maximum atomic E-state index is 15.5. The lowest BCUT2D eigenvalue weighted by molar-refractivity contribution is -0.367. The summed E-state index contributed by atoms with van der Waals surface area (Å²) in [6.07, 6.45) is -1.55. The predicted molar refractivity (Wildman–Crippen MR) is 145 cm³/mol. The van der Waals surface area contributed by atoms with Gasteiger partial charge in [-0.1, -0.05) is 41.9 Å². The number of alkyl halides is 5. The highest BCUT2D eigenvalue weighted by molar-refractivity contribution is 5.93. The number of rotatable bonds is 6. The second kappa shape index (κ2) is 10.9. The van der Waals surface area contributed by atoms with Crippen LogP contribution in [-0.2, 0) is 14.4 Å². The summed E-state index contributed by atoms with van der Waals surface area (Å²) in [4.78, 5) is 28.5. The number of allylic oxidation sites excluding steroid dienone is 4. The van der Waals surface area contributed by atoms with Crippen molar-refractivity contribution in [2.24, 2.45) is 22.4 Å². The number of benzene rings is 1. The van der Waals surface area contributed by atoms with Gasteiger partial charge in [-0.15, -0.1) is 0 Å². The van der Waals surface area contributed by atoms with Crippen molar-refractivity contribution in [2.45, 2.75) is 82.4 Å². The summed E-state index contributed by atoms with van der Waals surface area (Å²) < 4.78 is 78.2. The van der Waals surface area contributed by atoms with Gasteiger partial charge < -0.3 is 10.1 Å². The molecule has 5 rings (SSSR count). The molecule has 0 heterocycles. The van der Waals surface area contributed by atoms with Crippen LogP contribution in [0.1, 0.15) is 75.8 Å². The molecule has 2 saturated carbocycles. The van der Waals surface area contributed by atoms with Crippen LogP contribution in [0.2, 0.25) is 0 Å². The number of halogens is 5. The molecule has 1 amide bonds. The van der Waals surface area contributed by atoms with Crippen LogP contribution in [0, 0.1) is 17.3 Å². The van der Waals surface area contributed by atoms with Crippen molar-refractivity contribution >= 4 is 18.1 Å². The molecule has 0 bridgehead atoms. The largest absolute Gasteiger partial charge is 0.456 e. The van der Waals surface area contributed by atoms with Crippen LogP contribution >= 0.6 is 0 Å². The minimum absolute atomic E-state index is 0.0431. The fraction of sp³-hybridized carbons (Fsp3) is 0.581. The van der Waals surface area contributed by atoms with Gasteiger partial charge in [0.15, 0.2) is 5.78 Å². The first-order valence-corrected chi connectivity index (χ1v) is 14.3. The van der Waals surface area contributed by atoms with Crippen LogP contribution in [0.15, 0.2) is 52.2 Å². The molecule has 6 nitrogen and oxygen atoms in total. The Labute approximate surface area is 241 Å². The quantitative estimate of drug-likeness (QED) is 0.163. The van der Waals surface area contributed by atoms with Gasteiger partial charge in [-0.3, -0.25) is 9.63 Å². The topological polar surface area (TPSA) is 77.0 Å². The summed E-state index contributed by atoms with van der Waals surface area (Å²) in [7, 11) is 0.974. The maximum absolute atomic E-state index is 15.5. The van der Waals surface area contributed by atoms with Crippen molar-refractivity contribution in [1.82, 2.24) is 5.32 Å². The van der Waals surface area contributed by atoms with Gasteiger partial charge in [-0.25, -0.2) is 4.79 Å². The van der Waals surface area contributed by atoms with E-state index in [1.54, 1.807) is 32.1 Å². The van der Waals surface area contributed by atoms with E-state index in [2.05, 4.69) is 10.5 Å². The van der Waals surface area contributed by atoms with E-state index in [0.717, 1.165) is 29.4 Å². The molecule has 2 fully saturated rings. The molecule has 42 heavy (non-hydrogen) atoms. The van der Waals surface area contributed by atoms with Crippen molar-refractivity contribution in [3.63, 3.8) is 0 Å². The number of ketones is 1. The highest BCUT2D eigenvalue weighted by atomic mass is 19.4. The van der Waals surface area contributed by atoms with Crippen LogP contribution in [0.4, 0.5) is 26.7 Å². The Hall–Kier alpha value is -3.08. The fourth-order valence-electron chi connectivity index (χ4n) is 8.28. The van der Waals surface area contributed by atoms with Gasteiger partial charge in [0.2, 0.25) is 0 Å². The number of nitrogens with zero attached hydrogens (tertiary/aromatic N) is 1. The van der Waals surface area contributed by atoms with E-state index in [0.29, 0.717) is 37.8 Å². The molecule has 1 aromatic rings. The SMILES string of the molecule is CCNC(=O)O/N=C/c1ccc([C@H]2C[C@@]3(C)C(CC[C@@]3(OC)C(F)(F)C(F)(F)F)C3CCC4=CC(=O)CCC4=C32)cc1. The smallest absolute Gasteiger partial charge is 0.371 e. The zero-order valence-corrected chi connectivity index (χ0v) is 23.8. The summed E-state index contributed by atoms with van der Waals surface area (Å²) in [5, 5.41) is 6.12. The Balaban J connectivity index is 1.59. The van der Waals surface area contributed by atoms with E-state index in [1.165, 1.54) is 6.21 Å². The van der Waals surface area contributed by atoms with Crippen molar-refractivity contribution in [3.8, 4) is 0 Å². The number of oxime groups is 1. The van der Waals surface area contributed by atoms with Crippen LogP contribution in [0.25, 0.3) is 0 Å². The average Bonchev–Trinajstić information content (AvgIpc) is 3.25. The third kappa shape index (κ3) is 4.68. The number of fused-ring (bicyclic) bond motifs is 4. The highest BCUT2D eigenvalue weighted by Gasteiger charge is 2.80. The molecule has 4 aliphatic carbocycles. The second-order valence-electron chi connectivity index (χ2n) is 11.9. The Morgan fingerprint density at radius 2 is 1.83 bits per heavy atom. The molecule has 11 heteroatoms. The number of carbonyl (C=O) groups excluding carboxylic acids is 2. The number of methoxy groups -OCH3 is 1. The number of hydrogen-bond acceptors (Lipinski definition) is 5. The van der Waals surface area contributed by atoms with Gasteiger partial charge in [0.1, 0.15) is 5.60 Å². The summed E-state index contributed by atoms with van der Waals surface area (Å²) in [6, 6.07) is 7.09. The van der Waals surface area contributed by atoms with Crippen LogP contribution < -0.4 is 5.32 Å². The second-order valence-corrected chi connectivity index (χ2v) is 11.9. The maximum Gasteiger partial charge on any atom is 0.456 e. The number of nitrogens with one attached hydrogen (secondary N) is 1. The molecule has 5 atom stereocenters. The van der Waals surface area contributed by atoms with E-state index >= 15 is 8.78 Å². The molecular weight excluding hydrogens is 559 g/mol. The minimum atomic E-state index is -5.77. The first kappa shape index (κ1) is 30.4. The predicted octanol–water partition coefficient (Wildman–Crippen LogP) is 7.25. The number of hydrogen-bond donors (Lipinski definition) is 1. The Morgan fingerprint density at radius 3 is 2.48 bits per heavy atom. The van der Waals surface area contributed by atoms with Crippen molar-refractivity contribution in [2.75, 3.05) is 13.7 Å². The Bertz CT molecular complexity index is 1340. The summed E-state index contributed by atoms with van der Waals surface area (Å²) in [5.74, 6) is -6.08. The zero-order chi connectivity index (χ0) is 30.5. The molecule has 0 saturated heterocycles. The molecular formula is C31H35F5N2O4. The van der Waals surface area contributed by atoms with Gasteiger partial charge in [0.05, 0.1) is 6.21 Å². The first-order valence-electron chi connectivity index (χ1n) is 14.3. The number of amides is 1. The van der Waals surface area contributed by atoms with E-state index in [-0.39, 0.29) is 24.5 Å². The van der Waals surface area contributed by atoms with Gasteiger partial charge in [-0.05, 0) is 85.6 Å². The zero-order valence-electron chi connectivity index (χ0n) is 23.8. The molecule has 4 aliphatic rings. The Kier molecular flexibility index (Phi) is 7.87. The summed E-state index contributed by atoms with van der Waals surface area (Å²) in [5.41, 5.74) is 0.261. The third-order valence-corrected chi connectivity index (χ3v) is 10.1. The van der Waals surface area contributed by atoms with Crippen LogP contribution in [0.3, 0.4) is 0 Å². The van der Waals surface area contributed by atoms with E-state index in [1.807, 2.05) is 12.1 Å². The molecule has 0 aromatic heterocycles. The van der Waals surface area contributed by atoms with Crippen molar-refractivity contribution in [1.29, 1.82) is 0 Å². The van der Waals surface area contributed by atoms with Gasteiger partial charge in [0.25, 0.3) is 0 Å². The molecule has 0 aliphatic heterocycles. The number of ether oxygens (including phenoxy) is 1. The van der Waals surface area contributed by atoms with Gasteiger partial charge >= 0.3 is 18.2 Å². The van der Waals surface area contributed by atoms with Gasteiger partial charge in [0, 0.05) is 31.4 Å². The standard InChI is InChI=1S/C31H35F5N2O4/c1-4-37-27(40)42-38-17-18-5-7-19(8-6-18)24-16-28(2)25(13-14-29(28,41-3)30(32,33)31(34,35)36)23-11-9-20-15-21(39)10-12-22(20)26(23)24/h5-8,15,17,23-25H,4,9-14,16H2,1-3H3,(H,37,40)/b38-17+/t23?,24-,25?,28+,29+/m1/s1. The summed E-state index contributed by atoms with van der Waals surface area (Å²) in [6.45, 7) is 3.67. The fourth-order valence-corrected chi connectivity index (χ4v) is 8.28. The van der Waals surface area contributed by atoms with Gasteiger partial charge in [-0.2, -0.15) is 22.0 Å². The normalized spacial score (nSPS) is 31.4. The Morgan fingerprint density at radius 1 is 1.12 bits per heavy atom. The van der Waals surface area contributed by atoms with Crippen LogP contribution in [-0.4, -0.2) is 49.4 Å². The lowest BCUT2D eigenvalue weighted by Gasteiger charge is -2.57. The van der Waals surface area contributed by atoms with E-state index in [9.17, 15) is 22.8 Å². The van der Waals surface area contributed by atoms with Crippen molar-refractivity contribution < 1.29 is 41.1 Å². The number of carbonyl (C=O) groups is 2. The van der Waals surface area contributed by atoms with Crippen LogP contribution in [0.5, 0.6) is 0 Å². The van der Waals surface area contributed by atoms with E-state index in [4.69, 9.17) is 9.57 Å². The molecule has 0 spiro atoms. The third-order valence-electron chi connectivity index (χ3n) is 10.1. The molecule has 1 N–H and O–H groups in total. The van der Waals surface area contributed by atoms with Crippen molar-refractivity contribution in [3.05, 3.63) is 58.2 Å². The first-order chi connectivity index (χ1) is 19.8. The minimum Gasteiger partial charge on any atom is -0.371 e. The molecule has 228 valence electrons. The average molecular weight is 595 g/mol. The van der Waals surface area contributed by atoms with E-state index < -0.39 is 47.5 Å². The molecule has 1 aromatic carbocycles. The molecule has 2 unspecified atom stereocenters. The summed E-state index contributed by atoms with van der Waals surface area (Å²) >= 11 is 0. The lowest BCUT2D eigenvalue weighted by atomic mass is 9.50.